The van der Waals surface area contributed by atoms with Crippen LogP contribution in [0.25, 0.3) is 0 Å². The summed E-state index contributed by atoms with van der Waals surface area (Å²) in [5.41, 5.74) is 6.91. The van der Waals surface area contributed by atoms with Gasteiger partial charge in [-0.25, -0.2) is 0 Å². The highest BCUT2D eigenvalue weighted by molar-refractivity contribution is 5.92. The third kappa shape index (κ3) is 7.50. The van der Waals surface area contributed by atoms with Crippen LogP contribution in [-0.2, 0) is 20.4 Å². The van der Waals surface area contributed by atoms with Crippen molar-refractivity contribution in [3.8, 4) is 0 Å². The maximum absolute atomic E-state index is 13.6. The van der Waals surface area contributed by atoms with Gasteiger partial charge in [0.05, 0.1) is 22.9 Å². The van der Waals surface area contributed by atoms with E-state index in [0.29, 0.717) is 24.4 Å². The van der Waals surface area contributed by atoms with Gasteiger partial charge in [-0.15, -0.1) is 0 Å². The third-order valence-electron chi connectivity index (χ3n) is 14.4. The number of nitrogens with zero attached hydrogens (tertiary/aromatic N) is 2. The summed E-state index contributed by atoms with van der Waals surface area (Å²) >= 11 is 0. The van der Waals surface area contributed by atoms with Crippen molar-refractivity contribution in [2.45, 2.75) is 99.2 Å². The maximum atomic E-state index is 13.6. The Morgan fingerprint density at radius 3 is 0.967 bits per heavy atom. The molecule has 0 bridgehead atoms. The van der Waals surface area contributed by atoms with Gasteiger partial charge >= 0.3 is 0 Å². The summed E-state index contributed by atoms with van der Waals surface area (Å²) in [6.45, 7) is 1.89. The number of rotatable bonds is 8. The quantitative estimate of drug-likeness (QED) is 0.154. The minimum Gasteiger partial charge on any atom is -0.299 e. The summed E-state index contributed by atoms with van der Waals surface area (Å²) in [4.78, 5) is 32.5. The van der Waals surface area contributed by atoms with Crippen LogP contribution in [-0.4, -0.2) is 46.5 Å². The lowest BCUT2D eigenvalue weighted by molar-refractivity contribution is -0.126. The predicted molar refractivity (Wildman–Crippen MR) is 243 cm³/mol. The van der Waals surface area contributed by atoms with E-state index in [2.05, 4.69) is 192 Å². The molecular formula is C56H58N2O2. The van der Waals surface area contributed by atoms with Gasteiger partial charge in [-0.2, -0.15) is 0 Å². The third-order valence-corrected chi connectivity index (χ3v) is 14.4. The highest BCUT2D eigenvalue weighted by Crippen LogP contribution is 2.51. The normalized spacial score (nSPS) is 24.6. The van der Waals surface area contributed by atoms with Gasteiger partial charge in [0.15, 0.2) is 0 Å². The number of carbonyl (C=O) groups is 2. The summed E-state index contributed by atoms with van der Waals surface area (Å²) in [6, 6.07) is 65.3. The lowest BCUT2D eigenvalue weighted by Gasteiger charge is -2.40. The number of hydrogen-bond donors (Lipinski definition) is 0. The first-order valence-electron chi connectivity index (χ1n) is 22.5. The summed E-state index contributed by atoms with van der Waals surface area (Å²) in [5, 5.41) is 0. The molecule has 2 saturated heterocycles. The van der Waals surface area contributed by atoms with Crippen molar-refractivity contribution in [2.75, 3.05) is 13.1 Å². The minimum absolute atomic E-state index is 0.175. The monoisotopic (exact) mass is 790 g/mol. The SMILES string of the molecule is O=C1CCCCC2N(C(c3ccccc3)c3ccccc3)CC[C@@]12c1ccccc1.O=C1CCCC[C@H]2N(C(c3ccccc3)c3ccccc3)CC[C@@]12c1ccccc1. The van der Waals surface area contributed by atoms with Crippen LogP contribution in [0, 0.1) is 0 Å². The second-order valence-corrected chi connectivity index (χ2v) is 17.5. The van der Waals surface area contributed by atoms with Gasteiger partial charge in [-0.3, -0.25) is 19.4 Å². The number of Topliss-reactive ketones (excluding diaryl/α,β-unsaturated/α-hetero) is 2. The van der Waals surface area contributed by atoms with Crippen molar-refractivity contribution in [3.05, 3.63) is 215 Å². The first-order valence-corrected chi connectivity index (χ1v) is 22.5. The van der Waals surface area contributed by atoms with Gasteiger partial charge in [0.2, 0.25) is 0 Å². The Morgan fingerprint density at radius 2 is 0.667 bits per heavy atom. The molecule has 4 nitrogen and oxygen atoms in total. The van der Waals surface area contributed by atoms with Crippen molar-refractivity contribution in [3.63, 3.8) is 0 Å². The molecule has 4 atom stereocenters. The van der Waals surface area contributed by atoms with Gasteiger partial charge in [0, 0.05) is 38.0 Å². The molecule has 0 N–H and O–H groups in total. The van der Waals surface area contributed by atoms with Gasteiger partial charge in [-0.1, -0.05) is 195 Å². The number of likely N-dealkylation sites (tertiary alicyclic amines) is 2. The molecule has 2 aliphatic carbocycles. The van der Waals surface area contributed by atoms with Gasteiger partial charge in [0.25, 0.3) is 0 Å². The van der Waals surface area contributed by atoms with Crippen LogP contribution in [0.4, 0.5) is 0 Å². The summed E-state index contributed by atoms with van der Waals surface area (Å²) < 4.78 is 0. The largest absolute Gasteiger partial charge is 0.299 e. The zero-order valence-corrected chi connectivity index (χ0v) is 34.8. The average Bonchev–Trinajstić information content (AvgIpc) is 3.77. The lowest BCUT2D eigenvalue weighted by Crippen LogP contribution is -2.48. The van der Waals surface area contributed by atoms with Crippen LogP contribution in [0.3, 0.4) is 0 Å². The second-order valence-electron chi connectivity index (χ2n) is 17.5. The van der Waals surface area contributed by atoms with E-state index in [1.807, 2.05) is 0 Å². The van der Waals surface area contributed by atoms with E-state index >= 15 is 0 Å². The number of carbonyl (C=O) groups excluding carboxylic acids is 2. The van der Waals surface area contributed by atoms with E-state index in [1.54, 1.807) is 0 Å². The fraction of sp³-hybridized carbons (Fsp3) is 0.321. The Bertz CT molecular complexity index is 2060. The van der Waals surface area contributed by atoms with E-state index in [1.165, 1.54) is 33.4 Å². The lowest BCUT2D eigenvalue weighted by atomic mass is 9.70. The Hall–Kier alpha value is -5.42. The Labute approximate surface area is 357 Å². The molecule has 0 amide bonds. The molecule has 2 heterocycles. The van der Waals surface area contributed by atoms with Crippen LogP contribution >= 0.6 is 0 Å². The van der Waals surface area contributed by atoms with Crippen LogP contribution in [0.2, 0.25) is 0 Å². The van der Waals surface area contributed by atoms with Crippen molar-refractivity contribution < 1.29 is 9.59 Å². The van der Waals surface area contributed by atoms with Crippen LogP contribution in [0.5, 0.6) is 0 Å². The van der Waals surface area contributed by atoms with E-state index in [0.717, 1.165) is 64.5 Å². The zero-order chi connectivity index (χ0) is 40.8. The minimum atomic E-state index is -0.375. The number of fused-ring (bicyclic) bond motifs is 2. The standard InChI is InChI=1S/2C28H29NO/c2*30-26-19-11-10-18-25-28(26,24-16-8-3-9-17-24)20-21-29(25)27(22-12-4-1-5-13-22)23-14-6-2-7-15-23/h2*1-9,12-17,25,27H,10-11,18-21H2/t25?,28-;25-,28+/m01/s1. The van der Waals surface area contributed by atoms with Crippen molar-refractivity contribution >= 4 is 11.6 Å². The number of ketones is 2. The molecular weight excluding hydrogens is 733 g/mol. The maximum Gasteiger partial charge on any atom is 0.145 e. The summed E-state index contributed by atoms with van der Waals surface area (Å²) in [5.74, 6) is 0.886. The fourth-order valence-electron chi connectivity index (χ4n) is 11.8. The van der Waals surface area contributed by atoms with Gasteiger partial charge in [-0.05, 0) is 71.9 Å². The molecule has 60 heavy (non-hydrogen) atoms. The van der Waals surface area contributed by atoms with Crippen LogP contribution in [0.15, 0.2) is 182 Å². The van der Waals surface area contributed by atoms with E-state index in [9.17, 15) is 9.59 Å². The van der Waals surface area contributed by atoms with Crippen molar-refractivity contribution in [2.24, 2.45) is 0 Å². The molecule has 6 aromatic rings. The van der Waals surface area contributed by atoms with E-state index in [-0.39, 0.29) is 35.0 Å². The number of benzene rings is 6. The van der Waals surface area contributed by atoms with Crippen LogP contribution in [0.1, 0.15) is 110 Å². The Kier molecular flexibility index (Phi) is 12.0. The summed E-state index contributed by atoms with van der Waals surface area (Å²) in [6.07, 6.45) is 9.68. The molecule has 1 unspecified atom stereocenters. The molecule has 2 saturated carbocycles. The Morgan fingerprint density at radius 1 is 0.383 bits per heavy atom. The van der Waals surface area contributed by atoms with Crippen molar-refractivity contribution in [1.29, 1.82) is 0 Å². The highest BCUT2D eigenvalue weighted by atomic mass is 16.1. The molecule has 0 aromatic heterocycles. The predicted octanol–water partition coefficient (Wildman–Crippen LogP) is 11.9. The molecule has 0 spiro atoms. The molecule has 304 valence electrons. The fourth-order valence-corrected chi connectivity index (χ4v) is 11.8. The molecule has 4 fully saturated rings. The molecule has 2 aliphatic heterocycles. The average molecular weight is 791 g/mol. The Balaban J connectivity index is 0.000000154. The van der Waals surface area contributed by atoms with Crippen molar-refractivity contribution in [1.82, 2.24) is 9.80 Å². The van der Waals surface area contributed by atoms with Gasteiger partial charge < -0.3 is 0 Å². The molecule has 6 aromatic carbocycles. The molecule has 4 heteroatoms. The van der Waals surface area contributed by atoms with E-state index < -0.39 is 0 Å². The first-order chi connectivity index (χ1) is 29.6. The molecule has 0 radical (unpaired) electrons. The summed E-state index contributed by atoms with van der Waals surface area (Å²) in [7, 11) is 0. The molecule has 10 rings (SSSR count). The first kappa shape index (κ1) is 40.0. The van der Waals surface area contributed by atoms with E-state index in [4.69, 9.17) is 0 Å². The zero-order valence-electron chi connectivity index (χ0n) is 34.8. The van der Waals surface area contributed by atoms with Crippen LogP contribution < -0.4 is 0 Å². The highest BCUT2D eigenvalue weighted by Gasteiger charge is 2.56. The second kappa shape index (κ2) is 18.1. The van der Waals surface area contributed by atoms with Gasteiger partial charge in [0.1, 0.15) is 11.6 Å². The smallest absolute Gasteiger partial charge is 0.145 e. The molecule has 4 aliphatic rings. The number of hydrogen-bond acceptors (Lipinski definition) is 4. The topological polar surface area (TPSA) is 40.6 Å².